The average Bonchev–Trinajstić information content (AvgIpc) is 3.29. The number of nitrogens with zero attached hydrogens (tertiary/aromatic N) is 1. The Hall–Kier alpha value is -1.30. The number of hydrogen-bond donors (Lipinski definition) is 2. The van der Waals surface area contributed by atoms with E-state index in [-0.39, 0.29) is 18.2 Å². The summed E-state index contributed by atoms with van der Waals surface area (Å²) in [4.78, 5) is 13.9. The number of urea groups is 1. The van der Waals surface area contributed by atoms with Gasteiger partial charge < -0.3 is 20.1 Å². The molecule has 1 saturated carbocycles. The van der Waals surface area contributed by atoms with E-state index in [4.69, 9.17) is 16.3 Å². The number of ether oxygens (including phenoxy) is 1. The van der Waals surface area contributed by atoms with E-state index in [0.29, 0.717) is 24.1 Å². The molecule has 3 unspecified atom stereocenters. The van der Waals surface area contributed by atoms with Crippen molar-refractivity contribution < 1.29 is 14.6 Å². The van der Waals surface area contributed by atoms with Crippen molar-refractivity contribution in [2.24, 2.45) is 5.92 Å². The van der Waals surface area contributed by atoms with E-state index < -0.39 is 6.10 Å². The number of aliphatic hydroxyl groups is 1. The first-order chi connectivity index (χ1) is 11.0. The molecule has 2 fully saturated rings. The minimum atomic E-state index is -0.419. The molecule has 0 radical (unpaired) electrons. The molecule has 1 aliphatic heterocycles. The summed E-state index contributed by atoms with van der Waals surface area (Å²) in [5.74, 6) is 0.363. The first kappa shape index (κ1) is 16.6. The zero-order valence-corrected chi connectivity index (χ0v) is 14.0. The normalized spacial score (nSPS) is 25.2. The van der Waals surface area contributed by atoms with E-state index in [1.165, 1.54) is 0 Å². The number of nitrogens with one attached hydrogen (secondary N) is 1. The lowest BCUT2D eigenvalue weighted by molar-refractivity contribution is 0.0938. The third kappa shape index (κ3) is 4.16. The highest BCUT2D eigenvalue weighted by molar-refractivity contribution is 6.30. The van der Waals surface area contributed by atoms with Gasteiger partial charge in [0.2, 0.25) is 0 Å². The predicted octanol–water partition coefficient (Wildman–Crippen LogP) is 2.58. The van der Waals surface area contributed by atoms with E-state index >= 15 is 0 Å². The van der Waals surface area contributed by atoms with Crippen molar-refractivity contribution in [2.75, 3.05) is 20.2 Å². The van der Waals surface area contributed by atoms with Crippen LogP contribution in [0.5, 0.6) is 0 Å². The van der Waals surface area contributed by atoms with Gasteiger partial charge >= 0.3 is 6.03 Å². The van der Waals surface area contributed by atoms with Gasteiger partial charge in [0.15, 0.2) is 0 Å². The molecule has 2 amide bonds. The van der Waals surface area contributed by atoms with Crippen molar-refractivity contribution in [2.45, 2.75) is 37.5 Å². The van der Waals surface area contributed by atoms with E-state index in [9.17, 15) is 9.90 Å². The maximum absolute atomic E-state index is 12.3. The lowest BCUT2D eigenvalue weighted by Gasteiger charge is -2.25. The van der Waals surface area contributed by atoms with Crippen LogP contribution >= 0.6 is 11.6 Å². The molecule has 23 heavy (non-hydrogen) atoms. The van der Waals surface area contributed by atoms with Gasteiger partial charge in [-0.15, -0.1) is 0 Å². The fourth-order valence-electron chi connectivity index (χ4n) is 2.98. The highest BCUT2D eigenvalue weighted by Crippen LogP contribution is 2.33. The summed E-state index contributed by atoms with van der Waals surface area (Å²) in [6.07, 6.45) is 2.32. The second-order valence-corrected chi connectivity index (χ2v) is 6.91. The molecule has 1 saturated heterocycles. The second kappa shape index (κ2) is 7.07. The number of amides is 2. The Bertz CT molecular complexity index is 547. The van der Waals surface area contributed by atoms with Crippen molar-refractivity contribution in [3.63, 3.8) is 0 Å². The Morgan fingerprint density at radius 2 is 2.09 bits per heavy atom. The number of aliphatic hydroxyl groups excluding tert-OH is 1. The number of carbonyl (C=O) groups excluding carboxylic acids is 1. The molecule has 2 aliphatic rings. The Labute approximate surface area is 141 Å². The smallest absolute Gasteiger partial charge is 0.317 e. The van der Waals surface area contributed by atoms with Crippen LogP contribution in [0.15, 0.2) is 24.3 Å². The number of benzene rings is 1. The summed E-state index contributed by atoms with van der Waals surface area (Å²) in [5.41, 5.74) is 1.01. The molecule has 1 heterocycles. The summed E-state index contributed by atoms with van der Waals surface area (Å²) in [6.45, 7) is 0.988. The van der Waals surface area contributed by atoms with Gasteiger partial charge in [0, 0.05) is 25.2 Å². The summed E-state index contributed by atoms with van der Waals surface area (Å²) in [5, 5.41) is 13.7. The van der Waals surface area contributed by atoms with Crippen LogP contribution in [0, 0.1) is 5.92 Å². The number of hydrogen-bond acceptors (Lipinski definition) is 3. The van der Waals surface area contributed by atoms with Crippen molar-refractivity contribution in [3.05, 3.63) is 34.9 Å². The van der Waals surface area contributed by atoms with Crippen molar-refractivity contribution in [3.8, 4) is 0 Å². The molecule has 1 aromatic carbocycles. The lowest BCUT2D eigenvalue weighted by Crippen LogP contribution is -2.46. The summed E-state index contributed by atoms with van der Waals surface area (Å²) >= 11 is 5.92. The standard InChI is InChI=1S/C17H23ClN2O3/c1-20(10-15(21)11-2-3-11)17(22)19-14-8-9-23-16(14)12-4-6-13(18)7-5-12/h4-7,11,14-16,21H,2-3,8-10H2,1H3,(H,19,22). The molecule has 126 valence electrons. The fraction of sp³-hybridized carbons (Fsp3) is 0.588. The van der Waals surface area contributed by atoms with Crippen molar-refractivity contribution in [1.29, 1.82) is 0 Å². The highest BCUT2D eigenvalue weighted by Gasteiger charge is 2.34. The highest BCUT2D eigenvalue weighted by atomic mass is 35.5. The molecule has 6 heteroatoms. The largest absolute Gasteiger partial charge is 0.391 e. The zero-order valence-electron chi connectivity index (χ0n) is 13.2. The number of halogens is 1. The van der Waals surface area contributed by atoms with Crippen molar-refractivity contribution >= 4 is 17.6 Å². The second-order valence-electron chi connectivity index (χ2n) is 6.47. The Kier molecular flexibility index (Phi) is 5.09. The van der Waals surface area contributed by atoms with Crippen LogP contribution in [0.1, 0.15) is 30.9 Å². The molecule has 5 nitrogen and oxygen atoms in total. The monoisotopic (exact) mass is 338 g/mol. The number of carbonyl (C=O) groups is 1. The topological polar surface area (TPSA) is 61.8 Å². The van der Waals surface area contributed by atoms with Gasteiger partial charge in [0.1, 0.15) is 6.10 Å². The Morgan fingerprint density at radius 1 is 1.39 bits per heavy atom. The molecular weight excluding hydrogens is 316 g/mol. The predicted molar refractivity (Wildman–Crippen MR) is 88.4 cm³/mol. The van der Waals surface area contributed by atoms with Crippen molar-refractivity contribution in [1.82, 2.24) is 10.2 Å². The molecule has 2 N–H and O–H groups in total. The summed E-state index contributed by atoms with van der Waals surface area (Å²) in [7, 11) is 1.72. The maximum Gasteiger partial charge on any atom is 0.317 e. The maximum atomic E-state index is 12.3. The number of rotatable bonds is 5. The lowest BCUT2D eigenvalue weighted by atomic mass is 10.0. The molecular formula is C17H23ClN2O3. The molecule has 3 rings (SSSR count). The van der Waals surface area contributed by atoms with E-state index in [2.05, 4.69) is 5.32 Å². The number of likely N-dealkylation sites (N-methyl/N-ethyl adjacent to an activating group) is 1. The van der Waals surface area contributed by atoms with Crippen LogP contribution in [0.3, 0.4) is 0 Å². The van der Waals surface area contributed by atoms with Crippen LogP contribution in [-0.2, 0) is 4.74 Å². The van der Waals surface area contributed by atoms with Crippen LogP contribution in [0.4, 0.5) is 4.79 Å². The quantitative estimate of drug-likeness (QED) is 0.867. The third-order valence-electron chi connectivity index (χ3n) is 4.57. The minimum absolute atomic E-state index is 0.0656. The van der Waals surface area contributed by atoms with Gasteiger partial charge in [-0.2, -0.15) is 0 Å². The van der Waals surface area contributed by atoms with Gasteiger partial charge in [0.05, 0.1) is 12.1 Å². The molecule has 0 spiro atoms. The van der Waals surface area contributed by atoms with Gasteiger partial charge in [-0.1, -0.05) is 23.7 Å². The third-order valence-corrected chi connectivity index (χ3v) is 4.82. The first-order valence-corrected chi connectivity index (χ1v) is 8.49. The summed E-state index contributed by atoms with van der Waals surface area (Å²) in [6, 6.07) is 7.28. The van der Waals surface area contributed by atoms with Gasteiger partial charge in [-0.05, 0) is 42.9 Å². The zero-order chi connectivity index (χ0) is 16.4. The van der Waals surface area contributed by atoms with E-state index in [1.54, 1.807) is 11.9 Å². The van der Waals surface area contributed by atoms with Crippen LogP contribution in [0.25, 0.3) is 0 Å². The Morgan fingerprint density at radius 3 is 2.74 bits per heavy atom. The first-order valence-electron chi connectivity index (χ1n) is 8.11. The van der Waals surface area contributed by atoms with Gasteiger partial charge in [-0.3, -0.25) is 0 Å². The minimum Gasteiger partial charge on any atom is -0.391 e. The van der Waals surface area contributed by atoms with Crippen LogP contribution < -0.4 is 5.32 Å². The SMILES string of the molecule is CN(CC(O)C1CC1)C(=O)NC1CCOC1c1ccc(Cl)cc1. The average molecular weight is 339 g/mol. The van der Waals surface area contributed by atoms with Gasteiger partial charge in [0.25, 0.3) is 0 Å². The molecule has 0 bridgehead atoms. The molecule has 0 aromatic heterocycles. The Balaban J connectivity index is 1.57. The van der Waals surface area contributed by atoms with Crippen LogP contribution in [-0.4, -0.2) is 48.4 Å². The van der Waals surface area contributed by atoms with E-state index in [1.807, 2.05) is 24.3 Å². The molecule has 3 atom stereocenters. The molecule has 1 aliphatic carbocycles. The molecule has 1 aromatic rings. The summed E-state index contributed by atoms with van der Waals surface area (Å²) < 4.78 is 5.78. The van der Waals surface area contributed by atoms with Crippen LogP contribution in [0.2, 0.25) is 5.02 Å². The fourth-order valence-corrected chi connectivity index (χ4v) is 3.11. The van der Waals surface area contributed by atoms with Gasteiger partial charge in [-0.25, -0.2) is 4.79 Å². The van der Waals surface area contributed by atoms with E-state index in [0.717, 1.165) is 24.8 Å².